The molecule has 0 aromatic heterocycles. The van der Waals surface area contributed by atoms with E-state index >= 15 is 0 Å². The smallest absolute Gasteiger partial charge is 0.326 e. The zero-order chi connectivity index (χ0) is 29.4. The van der Waals surface area contributed by atoms with Gasteiger partial charge in [0, 0.05) is 19.4 Å². The lowest BCUT2D eigenvalue weighted by atomic mass is 10.1. The van der Waals surface area contributed by atoms with Gasteiger partial charge in [-0.3, -0.25) is 33.8 Å². The molecule has 0 fully saturated rings. The van der Waals surface area contributed by atoms with Crippen LogP contribution >= 0.6 is 0 Å². The SMILES string of the molecule is NC(=O)CCC(NC(=O)C(CCC(=O)O)NC(=O)C(CC(N)=O)NC(=O)C(N)CCCN=C(N)N)C(=O)O. The Hall–Kier alpha value is -4.48. The van der Waals surface area contributed by atoms with Crippen LogP contribution in [-0.2, 0) is 33.6 Å². The summed E-state index contributed by atoms with van der Waals surface area (Å²) in [5, 5.41) is 24.8. The van der Waals surface area contributed by atoms with Crippen LogP contribution < -0.4 is 44.6 Å². The maximum Gasteiger partial charge on any atom is 0.326 e. The molecule has 4 unspecified atom stereocenters. The molecule has 18 nitrogen and oxygen atoms in total. The van der Waals surface area contributed by atoms with Crippen LogP contribution in [0.5, 0.6) is 0 Å². The minimum atomic E-state index is -1.59. The van der Waals surface area contributed by atoms with Gasteiger partial charge in [0.1, 0.15) is 18.1 Å². The van der Waals surface area contributed by atoms with E-state index in [-0.39, 0.29) is 31.8 Å². The Balaban J connectivity index is 5.52. The Kier molecular flexibility index (Phi) is 15.0. The summed E-state index contributed by atoms with van der Waals surface area (Å²) in [5.41, 5.74) is 26.3. The number of amides is 5. The van der Waals surface area contributed by atoms with Crippen LogP contribution in [0.3, 0.4) is 0 Å². The summed E-state index contributed by atoms with van der Waals surface area (Å²) in [6, 6.07) is -5.87. The van der Waals surface area contributed by atoms with Gasteiger partial charge in [-0.05, 0) is 25.7 Å². The van der Waals surface area contributed by atoms with Crippen molar-refractivity contribution in [3.8, 4) is 0 Å². The van der Waals surface area contributed by atoms with Crippen molar-refractivity contribution in [3.63, 3.8) is 0 Å². The zero-order valence-electron chi connectivity index (χ0n) is 20.6. The van der Waals surface area contributed by atoms with Gasteiger partial charge < -0.3 is 54.8 Å². The maximum absolute atomic E-state index is 12.8. The number of hydrogen-bond donors (Lipinski definition) is 10. The Morgan fingerprint density at radius 2 is 1.21 bits per heavy atom. The van der Waals surface area contributed by atoms with Crippen molar-refractivity contribution in [1.29, 1.82) is 0 Å². The number of carbonyl (C=O) groups excluding carboxylic acids is 5. The second-order valence-electron chi connectivity index (χ2n) is 8.18. The molecule has 0 aliphatic carbocycles. The average molecular weight is 546 g/mol. The molecular formula is C20H35N9O9. The third-order valence-electron chi connectivity index (χ3n) is 4.92. The summed E-state index contributed by atoms with van der Waals surface area (Å²) in [6.07, 6.45) is -2.08. The molecule has 0 radical (unpaired) electrons. The molecule has 38 heavy (non-hydrogen) atoms. The monoisotopic (exact) mass is 545 g/mol. The predicted octanol–water partition coefficient (Wildman–Crippen LogP) is -5.09. The van der Waals surface area contributed by atoms with E-state index in [9.17, 15) is 38.7 Å². The van der Waals surface area contributed by atoms with Gasteiger partial charge in [-0.15, -0.1) is 0 Å². The summed E-state index contributed by atoms with van der Waals surface area (Å²) in [7, 11) is 0. The quantitative estimate of drug-likeness (QED) is 0.0414. The molecule has 0 aromatic rings. The van der Waals surface area contributed by atoms with Gasteiger partial charge in [0.25, 0.3) is 0 Å². The number of guanidine groups is 1. The molecule has 5 amide bonds. The van der Waals surface area contributed by atoms with Crippen LogP contribution in [-0.4, -0.2) is 88.4 Å². The molecule has 0 saturated carbocycles. The first-order chi connectivity index (χ1) is 17.6. The number of aliphatic imine (C=N–C) groups is 1. The number of nitrogens with two attached hydrogens (primary N) is 5. The number of aliphatic carboxylic acids is 2. The van der Waals surface area contributed by atoms with Gasteiger partial charge in [-0.1, -0.05) is 0 Å². The number of carbonyl (C=O) groups is 7. The molecule has 0 rings (SSSR count). The van der Waals surface area contributed by atoms with Gasteiger partial charge in [0.2, 0.25) is 29.5 Å². The van der Waals surface area contributed by atoms with Gasteiger partial charge in [-0.25, -0.2) is 4.79 Å². The first-order valence-electron chi connectivity index (χ1n) is 11.4. The van der Waals surface area contributed by atoms with E-state index < -0.39 is 84.9 Å². The predicted molar refractivity (Wildman–Crippen MR) is 130 cm³/mol. The largest absolute Gasteiger partial charge is 0.481 e. The molecule has 4 atom stereocenters. The molecule has 0 aliphatic heterocycles. The van der Waals surface area contributed by atoms with Crippen molar-refractivity contribution in [2.75, 3.05) is 6.54 Å². The van der Waals surface area contributed by atoms with E-state index in [1.807, 2.05) is 0 Å². The number of carboxylic acids is 2. The van der Waals surface area contributed by atoms with Crippen molar-refractivity contribution in [1.82, 2.24) is 16.0 Å². The standard InChI is InChI=1S/C20H35N9O9/c21-9(2-1-7-26-20(24)25)16(34)29-12(8-14(23)31)18(36)27-10(4-6-15(32)33)17(35)28-11(19(37)38)3-5-13(22)30/h9-12H,1-8,21H2,(H2,22,30)(H2,23,31)(H,27,36)(H,28,35)(H,29,34)(H,32,33)(H,37,38)(H4,24,25,26). The average Bonchev–Trinajstić information content (AvgIpc) is 2.80. The van der Waals surface area contributed by atoms with Crippen molar-refractivity contribution in [3.05, 3.63) is 0 Å². The van der Waals surface area contributed by atoms with E-state index in [1.165, 1.54) is 0 Å². The highest BCUT2D eigenvalue weighted by molar-refractivity contribution is 5.96. The van der Waals surface area contributed by atoms with Crippen LogP contribution in [0.15, 0.2) is 4.99 Å². The number of nitrogens with one attached hydrogen (secondary N) is 3. The molecule has 0 saturated heterocycles. The normalized spacial score (nSPS) is 13.6. The lowest BCUT2D eigenvalue weighted by Crippen LogP contribution is -2.57. The van der Waals surface area contributed by atoms with E-state index in [0.717, 1.165) is 0 Å². The summed E-state index contributed by atoms with van der Waals surface area (Å²) >= 11 is 0. The molecule has 0 aromatic carbocycles. The number of nitrogens with zero attached hydrogens (tertiary/aromatic N) is 1. The van der Waals surface area contributed by atoms with E-state index in [4.69, 9.17) is 33.8 Å². The minimum Gasteiger partial charge on any atom is -0.481 e. The lowest BCUT2D eigenvalue weighted by Gasteiger charge is -2.24. The van der Waals surface area contributed by atoms with E-state index in [2.05, 4.69) is 20.9 Å². The van der Waals surface area contributed by atoms with Gasteiger partial charge in [0.15, 0.2) is 5.96 Å². The van der Waals surface area contributed by atoms with Crippen LogP contribution in [0.25, 0.3) is 0 Å². The second-order valence-corrected chi connectivity index (χ2v) is 8.18. The lowest BCUT2D eigenvalue weighted by molar-refractivity contribution is -0.143. The summed E-state index contributed by atoms with van der Waals surface area (Å²) < 4.78 is 0. The zero-order valence-corrected chi connectivity index (χ0v) is 20.6. The van der Waals surface area contributed by atoms with E-state index in [0.29, 0.717) is 6.42 Å². The topological polar surface area (TPSA) is 338 Å². The third-order valence-corrected chi connectivity index (χ3v) is 4.92. The van der Waals surface area contributed by atoms with Crippen LogP contribution in [0.1, 0.15) is 44.9 Å². The Bertz CT molecular complexity index is 922. The van der Waals surface area contributed by atoms with E-state index in [1.54, 1.807) is 0 Å². The first kappa shape index (κ1) is 33.5. The highest BCUT2D eigenvalue weighted by Crippen LogP contribution is 2.05. The first-order valence-corrected chi connectivity index (χ1v) is 11.4. The minimum absolute atomic E-state index is 0.110. The fourth-order valence-corrected chi connectivity index (χ4v) is 2.96. The molecule has 0 heterocycles. The van der Waals surface area contributed by atoms with Crippen LogP contribution in [0.4, 0.5) is 0 Å². The number of hydrogen-bond acceptors (Lipinski definition) is 9. The van der Waals surface area contributed by atoms with Crippen LogP contribution in [0.2, 0.25) is 0 Å². The molecule has 15 N–H and O–H groups in total. The summed E-state index contributed by atoms with van der Waals surface area (Å²) in [5.74, 6) is -7.79. The third kappa shape index (κ3) is 14.8. The molecule has 0 spiro atoms. The molecular weight excluding hydrogens is 510 g/mol. The van der Waals surface area contributed by atoms with Crippen molar-refractivity contribution >= 4 is 47.4 Å². The number of carboxylic acid groups (broad SMARTS) is 2. The highest BCUT2D eigenvalue weighted by Gasteiger charge is 2.31. The summed E-state index contributed by atoms with van der Waals surface area (Å²) in [4.78, 5) is 86.6. The van der Waals surface area contributed by atoms with Crippen molar-refractivity contribution in [2.24, 2.45) is 33.7 Å². The number of rotatable bonds is 19. The van der Waals surface area contributed by atoms with Gasteiger partial charge in [0.05, 0.1) is 12.5 Å². The molecule has 214 valence electrons. The fourth-order valence-electron chi connectivity index (χ4n) is 2.96. The maximum atomic E-state index is 12.8. The molecule has 18 heteroatoms. The molecule has 0 bridgehead atoms. The van der Waals surface area contributed by atoms with Gasteiger partial charge >= 0.3 is 11.9 Å². The van der Waals surface area contributed by atoms with Crippen molar-refractivity contribution in [2.45, 2.75) is 69.1 Å². The fraction of sp³-hybridized carbons (Fsp3) is 0.600. The Morgan fingerprint density at radius 3 is 1.71 bits per heavy atom. The van der Waals surface area contributed by atoms with Crippen LogP contribution in [0, 0.1) is 0 Å². The van der Waals surface area contributed by atoms with Gasteiger partial charge in [-0.2, -0.15) is 0 Å². The second kappa shape index (κ2) is 17.1. The van der Waals surface area contributed by atoms with Crippen molar-refractivity contribution < 1.29 is 43.8 Å². The highest BCUT2D eigenvalue weighted by atomic mass is 16.4. The Labute approximate surface area is 217 Å². The Morgan fingerprint density at radius 1 is 0.684 bits per heavy atom. The number of primary amides is 2. The molecule has 0 aliphatic rings. The summed E-state index contributed by atoms with van der Waals surface area (Å²) in [6.45, 7) is 0.186.